The number of carbonyl (C=O) groups excluding carboxylic acids is 1. The average Bonchev–Trinajstić information content (AvgIpc) is 2.67. The van der Waals surface area contributed by atoms with E-state index < -0.39 is 0 Å². The van der Waals surface area contributed by atoms with E-state index in [1.54, 1.807) is 24.3 Å². The molecule has 4 nitrogen and oxygen atoms in total. The molecule has 2 saturated heterocycles. The van der Waals surface area contributed by atoms with Gasteiger partial charge in [-0.2, -0.15) is 5.26 Å². The van der Waals surface area contributed by atoms with Crippen LogP contribution >= 0.6 is 0 Å². The van der Waals surface area contributed by atoms with E-state index >= 15 is 0 Å². The normalized spacial score (nSPS) is 25.8. The summed E-state index contributed by atoms with van der Waals surface area (Å²) in [6.07, 6.45) is 2.17. The Labute approximate surface area is 106 Å². The summed E-state index contributed by atoms with van der Waals surface area (Å²) in [6.45, 7) is 1.78. The first kappa shape index (κ1) is 11.2. The molecule has 2 bridgehead atoms. The summed E-state index contributed by atoms with van der Waals surface area (Å²) in [7, 11) is 0. The number of fused-ring (bicyclic) bond motifs is 2. The Morgan fingerprint density at radius 2 is 2.06 bits per heavy atom. The van der Waals surface area contributed by atoms with Crippen molar-refractivity contribution in [2.75, 3.05) is 13.1 Å². The summed E-state index contributed by atoms with van der Waals surface area (Å²) in [6, 6.07) is 9.70. The number of nitrogens with zero attached hydrogens (tertiary/aromatic N) is 2. The molecule has 2 fully saturated rings. The van der Waals surface area contributed by atoms with E-state index in [1.807, 2.05) is 4.90 Å². The maximum Gasteiger partial charge on any atom is 0.254 e. The van der Waals surface area contributed by atoms with Gasteiger partial charge in [-0.1, -0.05) is 6.07 Å². The second-order valence-electron chi connectivity index (χ2n) is 4.95. The number of piperazine rings is 1. The van der Waals surface area contributed by atoms with Gasteiger partial charge in [0, 0.05) is 30.7 Å². The zero-order valence-electron chi connectivity index (χ0n) is 10.1. The molecule has 0 aromatic heterocycles. The van der Waals surface area contributed by atoms with Crippen LogP contribution in [0.2, 0.25) is 0 Å². The molecule has 1 amide bonds. The van der Waals surface area contributed by atoms with Crippen molar-refractivity contribution in [2.24, 2.45) is 0 Å². The predicted molar refractivity (Wildman–Crippen MR) is 67.0 cm³/mol. The number of nitrogens with one attached hydrogen (secondary N) is 1. The minimum atomic E-state index is 0.0705. The summed E-state index contributed by atoms with van der Waals surface area (Å²) >= 11 is 0. The van der Waals surface area contributed by atoms with Crippen molar-refractivity contribution >= 4 is 5.91 Å². The van der Waals surface area contributed by atoms with Crippen LogP contribution in [0.5, 0.6) is 0 Å². The molecule has 3 rings (SSSR count). The fourth-order valence-electron chi connectivity index (χ4n) is 2.98. The standard InChI is InChI=1S/C14H15N3O/c15-7-10-2-1-3-11(6-10)14(18)17-12-4-5-13(17)9-16-8-12/h1-3,6,12-13,16H,4-5,8-9H2. The van der Waals surface area contributed by atoms with Crippen molar-refractivity contribution in [3.8, 4) is 6.07 Å². The van der Waals surface area contributed by atoms with E-state index in [-0.39, 0.29) is 5.91 Å². The van der Waals surface area contributed by atoms with Gasteiger partial charge < -0.3 is 10.2 Å². The van der Waals surface area contributed by atoms with Gasteiger partial charge >= 0.3 is 0 Å². The monoisotopic (exact) mass is 241 g/mol. The topological polar surface area (TPSA) is 56.1 Å². The number of benzene rings is 1. The van der Waals surface area contributed by atoms with Crippen LogP contribution < -0.4 is 5.32 Å². The van der Waals surface area contributed by atoms with Crippen LogP contribution in [0.25, 0.3) is 0 Å². The molecule has 2 atom stereocenters. The Kier molecular flexibility index (Phi) is 2.77. The third-order valence-electron chi connectivity index (χ3n) is 3.85. The van der Waals surface area contributed by atoms with Gasteiger partial charge in [0.05, 0.1) is 11.6 Å². The minimum Gasteiger partial charge on any atom is -0.330 e. The Hall–Kier alpha value is -1.86. The van der Waals surface area contributed by atoms with E-state index in [0.717, 1.165) is 25.9 Å². The van der Waals surface area contributed by atoms with Crippen molar-refractivity contribution in [1.29, 1.82) is 5.26 Å². The van der Waals surface area contributed by atoms with E-state index in [0.29, 0.717) is 23.2 Å². The fourth-order valence-corrected chi connectivity index (χ4v) is 2.98. The van der Waals surface area contributed by atoms with Gasteiger partial charge in [0.25, 0.3) is 5.91 Å². The SMILES string of the molecule is N#Cc1cccc(C(=O)N2C3CCC2CNC3)c1. The maximum atomic E-state index is 12.5. The fraction of sp³-hybridized carbons (Fsp3) is 0.429. The molecular formula is C14H15N3O. The lowest BCUT2D eigenvalue weighted by Gasteiger charge is -2.35. The van der Waals surface area contributed by atoms with Gasteiger partial charge in [-0.15, -0.1) is 0 Å². The zero-order chi connectivity index (χ0) is 12.5. The molecule has 92 valence electrons. The molecule has 2 heterocycles. The van der Waals surface area contributed by atoms with Crippen molar-refractivity contribution in [3.63, 3.8) is 0 Å². The van der Waals surface area contributed by atoms with Crippen LogP contribution in [-0.4, -0.2) is 36.0 Å². The van der Waals surface area contributed by atoms with Crippen LogP contribution in [0, 0.1) is 11.3 Å². The van der Waals surface area contributed by atoms with E-state index in [4.69, 9.17) is 5.26 Å². The van der Waals surface area contributed by atoms with Crippen LogP contribution in [0.15, 0.2) is 24.3 Å². The average molecular weight is 241 g/mol. The predicted octanol–water partition coefficient (Wildman–Crippen LogP) is 1.13. The molecule has 18 heavy (non-hydrogen) atoms. The van der Waals surface area contributed by atoms with Gasteiger partial charge in [-0.25, -0.2) is 0 Å². The smallest absolute Gasteiger partial charge is 0.254 e. The quantitative estimate of drug-likeness (QED) is 0.802. The highest BCUT2D eigenvalue weighted by molar-refractivity contribution is 5.95. The molecule has 1 aromatic rings. The Morgan fingerprint density at radius 3 is 2.72 bits per heavy atom. The molecule has 0 radical (unpaired) electrons. The highest BCUT2D eigenvalue weighted by atomic mass is 16.2. The second kappa shape index (κ2) is 4.43. The van der Waals surface area contributed by atoms with Gasteiger partial charge in [-0.05, 0) is 31.0 Å². The maximum absolute atomic E-state index is 12.5. The second-order valence-corrected chi connectivity index (χ2v) is 4.95. The Balaban J connectivity index is 1.88. The number of carbonyl (C=O) groups is 1. The van der Waals surface area contributed by atoms with Crippen molar-refractivity contribution in [2.45, 2.75) is 24.9 Å². The minimum absolute atomic E-state index is 0.0705. The lowest BCUT2D eigenvalue weighted by atomic mass is 10.1. The largest absolute Gasteiger partial charge is 0.330 e. The van der Waals surface area contributed by atoms with Gasteiger partial charge in [0.15, 0.2) is 0 Å². The Bertz CT molecular complexity index is 504. The third kappa shape index (κ3) is 1.77. The first-order chi connectivity index (χ1) is 8.79. The molecule has 2 aliphatic heterocycles. The van der Waals surface area contributed by atoms with Crippen LogP contribution in [0.3, 0.4) is 0 Å². The molecule has 1 aromatic carbocycles. The van der Waals surface area contributed by atoms with Crippen LogP contribution in [0.1, 0.15) is 28.8 Å². The van der Waals surface area contributed by atoms with Crippen molar-refractivity contribution in [1.82, 2.24) is 10.2 Å². The van der Waals surface area contributed by atoms with E-state index in [2.05, 4.69) is 11.4 Å². The number of amides is 1. The highest BCUT2D eigenvalue weighted by Gasteiger charge is 2.39. The highest BCUT2D eigenvalue weighted by Crippen LogP contribution is 2.28. The van der Waals surface area contributed by atoms with E-state index in [9.17, 15) is 4.79 Å². The molecule has 4 heteroatoms. The summed E-state index contributed by atoms with van der Waals surface area (Å²) in [5, 5.41) is 12.2. The zero-order valence-corrected chi connectivity index (χ0v) is 10.1. The van der Waals surface area contributed by atoms with Crippen LogP contribution in [0.4, 0.5) is 0 Å². The molecular weight excluding hydrogens is 226 g/mol. The lowest BCUT2D eigenvalue weighted by molar-refractivity contribution is 0.0619. The Morgan fingerprint density at radius 1 is 1.33 bits per heavy atom. The summed E-state index contributed by atoms with van der Waals surface area (Å²) in [5.74, 6) is 0.0705. The number of nitriles is 1. The summed E-state index contributed by atoms with van der Waals surface area (Å²) in [5.41, 5.74) is 1.18. The molecule has 0 spiro atoms. The molecule has 1 N–H and O–H groups in total. The third-order valence-corrected chi connectivity index (χ3v) is 3.85. The molecule has 2 unspecified atom stereocenters. The lowest BCUT2D eigenvalue weighted by Crippen LogP contribution is -2.54. The molecule has 2 aliphatic rings. The van der Waals surface area contributed by atoms with Crippen molar-refractivity contribution in [3.05, 3.63) is 35.4 Å². The van der Waals surface area contributed by atoms with Crippen molar-refractivity contribution < 1.29 is 4.79 Å². The van der Waals surface area contributed by atoms with Gasteiger partial charge in [0.1, 0.15) is 0 Å². The number of hydrogen-bond acceptors (Lipinski definition) is 3. The van der Waals surface area contributed by atoms with E-state index in [1.165, 1.54) is 0 Å². The summed E-state index contributed by atoms with van der Waals surface area (Å²) in [4.78, 5) is 14.5. The first-order valence-corrected chi connectivity index (χ1v) is 6.33. The number of hydrogen-bond donors (Lipinski definition) is 1. The first-order valence-electron chi connectivity index (χ1n) is 6.33. The number of rotatable bonds is 1. The molecule has 0 aliphatic carbocycles. The van der Waals surface area contributed by atoms with Gasteiger partial charge in [-0.3, -0.25) is 4.79 Å². The summed E-state index contributed by atoms with van der Waals surface area (Å²) < 4.78 is 0. The molecule has 0 saturated carbocycles. The van der Waals surface area contributed by atoms with Gasteiger partial charge in [0.2, 0.25) is 0 Å². The van der Waals surface area contributed by atoms with Crippen LogP contribution in [-0.2, 0) is 0 Å².